The molecule has 0 unspecified atom stereocenters. The topological polar surface area (TPSA) is 135 Å². The van der Waals surface area contributed by atoms with Gasteiger partial charge in [0.1, 0.15) is 0 Å². The Balaban J connectivity index is 2.78. The van der Waals surface area contributed by atoms with Crippen LogP contribution >= 0.6 is 0 Å². The van der Waals surface area contributed by atoms with Gasteiger partial charge in [-0.1, -0.05) is 13.8 Å². The predicted molar refractivity (Wildman–Crippen MR) is 67.9 cm³/mol. The molecule has 100 valence electrons. The molecule has 0 aromatic carbocycles. The van der Waals surface area contributed by atoms with E-state index in [1.807, 2.05) is 13.8 Å². The summed E-state index contributed by atoms with van der Waals surface area (Å²) in [5.74, 6) is 0. The molecule has 0 aromatic rings. The quantitative estimate of drug-likeness (QED) is 0.525. The van der Waals surface area contributed by atoms with Gasteiger partial charge in [0, 0.05) is 17.8 Å². The number of hydrazone groups is 2. The predicted octanol–water partition coefficient (Wildman–Crippen LogP) is 0.245. The second-order valence-electron chi connectivity index (χ2n) is 5.00. The van der Waals surface area contributed by atoms with Gasteiger partial charge in [-0.2, -0.15) is 10.2 Å². The first-order chi connectivity index (χ1) is 8.28. The Morgan fingerprint density at radius 1 is 1.06 bits per heavy atom. The Morgan fingerprint density at radius 3 is 1.78 bits per heavy atom. The van der Waals surface area contributed by atoms with E-state index >= 15 is 0 Å². The first-order valence-electron chi connectivity index (χ1n) is 5.50. The molecule has 1 rings (SSSR count). The first kappa shape index (κ1) is 13.9. The number of nitrogens with zero attached hydrogens (tertiary/aromatic N) is 2. The highest BCUT2D eigenvalue weighted by atomic mass is 16.2. The molecule has 0 saturated heterocycles. The Bertz CT molecular complexity index is 377. The number of carbonyl (C=O) groups is 2. The Kier molecular flexibility index (Phi) is 4.24. The van der Waals surface area contributed by atoms with Gasteiger partial charge in [0.25, 0.3) is 0 Å². The molecule has 8 nitrogen and oxygen atoms in total. The lowest BCUT2D eigenvalue weighted by Crippen LogP contribution is -2.34. The van der Waals surface area contributed by atoms with E-state index in [0.29, 0.717) is 6.42 Å². The number of nitrogens with one attached hydrogen (secondary N) is 2. The van der Waals surface area contributed by atoms with Crippen molar-refractivity contribution in [2.24, 2.45) is 27.1 Å². The van der Waals surface area contributed by atoms with Gasteiger partial charge < -0.3 is 11.5 Å². The van der Waals surface area contributed by atoms with Crippen LogP contribution in [0.15, 0.2) is 10.2 Å². The number of carbonyl (C=O) groups excluding carboxylic acids is 2. The molecule has 4 amide bonds. The lowest BCUT2D eigenvalue weighted by Gasteiger charge is -2.31. The fourth-order valence-electron chi connectivity index (χ4n) is 1.95. The maximum absolute atomic E-state index is 10.6. The minimum atomic E-state index is -0.709. The molecule has 1 fully saturated rings. The van der Waals surface area contributed by atoms with E-state index in [1.54, 1.807) is 0 Å². The number of rotatable bonds is 2. The Labute approximate surface area is 105 Å². The van der Waals surface area contributed by atoms with E-state index in [2.05, 4.69) is 21.1 Å². The van der Waals surface area contributed by atoms with Gasteiger partial charge in [-0.25, -0.2) is 20.4 Å². The minimum Gasteiger partial charge on any atom is -0.350 e. The van der Waals surface area contributed by atoms with Gasteiger partial charge in [0.15, 0.2) is 0 Å². The Hall–Kier alpha value is -2.12. The van der Waals surface area contributed by atoms with Crippen molar-refractivity contribution in [3.8, 4) is 0 Å². The van der Waals surface area contributed by atoms with Gasteiger partial charge in [0.2, 0.25) is 0 Å². The van der Waals surface area contributed by atoms with Crippen molar-refractivity contribution in [2.45, 2.75) is 33.1 Å². The van der Waals surface area contributed by atoms with Crippen LogP contribution in [0, 0.1) is 5.41 Å². The zero-order chi connectivity index (χ0) is 13.8. The van der Waals surface area contributed by atoms with Crippen LogP contribution in [0.3, 0.4) is 0 Å². The molecule has 0 spiro atoms. The minimum absolute atomic E-state index is 0.0471. The summed E-state index contributed by atoms with van der Waals surface area (Å²) >= 11 is 0. The van der Waals surface area contributed by atoms with Crippen LogP contribution in [0.5, 0.6) is 0 Å². The molecule has 1 aliphatic rings. The van der Waals surface area contributed by atoms with Crippen molar-refractivity contribution in [3.05, 3.63) is 0 Å². The van der Waals surface area contributed by atoms with E-state index in [0.717, 1.165) is 24.3 Å². The fraction of sp³-hybridized carbons (Fsp3) is 0.600. The second kappa shape index (κ2) is 5.48. The average Bonchev–Trinajstić information content (AvgIpc) is 2.21. The van der Waals surface area contributed by atoms with Gasteiger partial charge in [0.05, 0.1) is 0 Å². The highest BCUT2D eigenvalue weighted by Gasteiger charge is 2.29. The highest BCUT2D eigenvalue weighted by Crippen LogP contribution is 2.32. The molecule has 0 aromatic heterocycles. The summed E-state index contributed by atoms with van der Waals surface area (Å²) in [5.41, 5.74) is 15.8. The number of amides is 4. The summed E-state index contributed by atoms with van der Waals surface area (Å²) < 4.78 is 0. The van der Waals surface area contributed by atoms with E-state index < -0.39 is 12.1 Å². The van der Waals surface area contributed by atoms with Crippen molar-refractivity contribution in [1.29, 1.82) is 0 Å². The van der Waals surface area contributed by atoms with Crippen LogP contribution in [0.25, 0.3) is 0 Å². The standard InChI is InChI=1S/C10H18N6O2/c1-10(2)4-6(13-15-8(11)17)3-7(5-10)14-16-9(12)18/h3-5H2,1-2H3,(H3,11,15,17)(H3,12,16,18)/b13-6-,14-7-. The molecule has 0 radical (unpaired) electrons. The SMILES string of the molecule is CC1(C)C/C(=N\NC(N)=O)C/C(=N/NC(N)=O)C1. The van der Waals surface area contributed by atoms with Crippen LogP contribution < -0.4 is 22.3 Å². The van der Waals surface area contributed by atoms with Crippen molar-refractivity contribution in [1.82, 2.24) is 10.9 Å². The molecule has 1 saturated carbocycles. The van der Waals surface area contributed by atoms with Crippen LogP contribution in [0.2, 0.25) is 0 Å². The maximum atomic E-state index is 10.6. The largest absolute Gasteiger partial charge is 0.350 e. The molecular formula is C10H18N6O2. The molecule has 18 heavy (non-hydrogen) atoms. The Morgan fingerprint density at radius 2 is 1.44 bits per heavy atom. The molecule has 8 heteroatoms. The van der Waals surface area contributed by atoms with Gasteiger partial charge in [-0.15, -0.1) is 0 Å². The van der Waals surface area contributed by atoms with E-state index in [9.17, 15) is 9.59 Å². The number of hydrogen-bond donors (Lipinski definition) is 4. The summed E-state index contributed by atoms with van der Waals surface area (Å²) in [6.45, 7) is 4.09. The normalized spacial score (nSPS) is 22.8. The van der Waals surface area contributed by atoms with Gasteiger partial charge in [-0.05, 0) is 18.3 Å². The summed E-state index contributed by atoms with van der Waals surface area (Å²) in [6.07, 6.45) is 1.93. The van der Waals surface area contributed by atoms with E-state index in [1.165, 1.54) is 0 Å². The monoisotopic (exact) mass is 254 g/mol. The molecule has 6 N–H and O–H groups in total. The highest BCUT2D eigenvalue weighted by molar-refractivity contribution is 6.07. The zero-order valence-electron chi connectivity index (χ0n) is 10.5. The first-order valence-corrected chi connectivity index (χ1v) is 5.50. The number of urea groups is 2. The number of nitrogens with two attached hydrogens (primary N) is 2. The molecule has 0 aliphatic heterocycles. The van der Waals surface area contributed by atoms with E-state index in [4.69, 9.17) is 11.5 Å². The average molecular weight is 254 g/mol. The van der Waals surface area contributed by atoms with Crippen LogP contribution in [-0.4, -0.2) is 23.5 Å². The lowest BCUT2D eigenvalue weighted by molar-refractivity contribution is 0.248. The third-order valence-electron chi connectivity index (χ3n) is 2.42. The smallest absolute Gasteiger partial charge is 0.332 e. The number of primary amides is 2. The van der Waals surface area contributed by atoms with Crippen LogP contribution in [0.1, 0.15) is 33.1 Å². The van der Waals surface area contributed by atoms with Crippen LogP contribution in [0.4, 0.5) is 9.59 Å². The fourth-order valence-corrected chi connectivity index (χ4v) is 1.95. The molecule has 1 aliphatic carbocycles. The molecule has 0 atom stereocenters. The molecular weight excluding hydrogens is 236 g/mol. The van der Waals surface area contributed by atoms with Crippen molar-refractivity contribution in [2.75, 3.05) is 0 Å². The summed E-state index contributed by atoms with van der Waals surface area (Å²) in [7, 11) is 0. The zero-order valence-corrected chi connectivity index (χ0v) is 10.5. The van der Waals surface area contributed by atoms with Crippen molar-refractivity contribution < 1.29 is 9.59 Å². The van der Waals surface area contributed by atoms with Crippen LogP contribution in [-0.2, 0) is 0 Å². The van der Waals surface area contributed by atoms with Gasteiger partial charge >= 0.3 is 12.1 Å². The molecule has 0 bridgehead atoms. The number of hydrogen-bond acceptors (Lipinski definition) is 4. The van der Waals surface area contributed by atoms with Crippen molar-refractivity contribution in [3.63, 3.8) is 0 Å². The van der Waals surface area contributed by atoms with Crippen molar-refractivity contribution >= 4 is 23.5 Å². The lowest BCUT2D eigenvalue weighted by atomic mass is 9.75. The molecule has 0 heterocycles. The second-order valence-corrected chi connectivity index (χ2v) is 5.00. The third kappa shape index (κ3) is 4.81. The summed E-state index contributed by atoms with van der Waals surface area (Å²) in [5, 5.41) is 7.85. The summed E-state index contributed by atoms with van der Waals surface area (Å²) in [6, 6.07) is -1.42. The third-order valence-corrected chi connectivity index (χ3v) is 2.42. The van der Waals surface area contributed by atoms with Gasteiger partial charge in [-0.3, -0.25) is 0 Å². The maximum Gasteiger partial charge on any atom is 0.332 e. The van der Waals surface area contributed by atoms with E-state index in [-0.39, 0.29) is 5.41 Å². The summed E-state index contributed by atoms with van der Waals surface area (Å²) in [4.78, 5) is 21.2.